The summed E-state index contributed by atoms with van der Waals surface area (Å²) in [5.41, 5.74) is 15.0. The van der Waals surface area contributed by atoms with E-state index >= 15 is 0 Å². The minimum absolute atomic E-state index is 0.840. The van der Waals surface area contributed by atoms with Crippen molar-refractivity contribution in [3.05, 3.63) is 209 Å². The van der Waals surface area contributed by atoms with Gasteiger partial charge < -0.3 is 14.5 Å². The van der Waals surface area contributed by atoms with Gasteiger partial charge in [-0.05, 0) is 128 Å². The fraction of sp³-hybridized carbons (Fsp3) is 0.0800. The quantitative estimate of drug-likeness (QED) is 0.126. The Labute approximate surface area is 314 Å². The molecule has 0 saturated carbocycles. The summed E-state index contributed by atoms with van der Waals surface area (Å²) in [5, 5.41) is 0. The zero-order valence-electron chi connectivity index (χ0n) is 30.8. The average Bonchev–Trinajstić information content (AvgIpc) is 3.20. The van der Waals surface area contributed by atoms with Crippen molar-refractivity contribution in [2.45, 2.75) is 20.8 Å². The number of methoxy groups -OCH3 is 1. The summed E-state index contributed by atoms with van der Waals surface area (Å²) in [6.45, 7) is 6.36. The van der Waals surface area contributed by atoms with Gasteiger partial charge in [0.15, 0.2) is 0 Å². The van der Waals surface area contributed by atoms with E-state index in [4.69, 9.17) is 4.74 Å². The summed E-state index contributed by atoms with van der Waals surface area (Å²) in [6, 6.07) is 60.3. The van der Waals surface area contributed by atoms with Gasteiger partial charge in [-0.15, -0.1) is 0 Å². The fourth-order valence-electron chi connectivity index (χ4n) is 6.28. The highest BCUT2D eigenvalue weighted by Crippen LogP contribution is 2.37. The molecular formula is C50H44N2O. The lowest BCUT2D eigenvalue weighted by molar-refractivity contribution is 0.415. The molecule has 53 heavy (non-hydrogen) atoms. The molecule has 3 heteroatoms. The molecule has 0 spiro atoms. The second-order valence-electron chi connectivity index (χ2n) is 13.4. The van der Waals surface area contributed by atoms with E-state index in [1.165, 1.54) is 16.7 Å². The molecular weight excluding hydrogens is 645 g/mol. The summed E-state index contributed by atoms with van der Waals surface area (Å²) >= 11 is 0. The maximum atomic E-state index is 5.40. The Hall–Kier alpha value is -6.58. The van der Waals surface area contributed by atoms with Crippen LogP contribution in [0.5, 0.6) is 5.75 Å². The Balaban J connectivity index is 1.02. The summed E-state index contributed by atoms with van der Waals surface area (Å²) < 4.78 is 5.40. The van der Waals surface area contributed by atoms with E-state index in [2.05, 4.69) is 213 Å². The van der Waals surface area contributed by atoms with Crippen molar-refractivity contribution in [3.63, 3.8) is 0 Å². The molecule has 0 bridgehead atoms. The number of rotatable bonds is 11. The minimum Gasteiger partial charge on any atom is -0.497 e. The Bertz CT molecular complexity index is 2240. The van der Waals surface area contributed by atoms with E-state index in [1.807, 2.05) is 12.1 Å². The highest BCUT2D eigenvalue weighted by Gasteiger charge is 2.14. The van der Waals surface area contributed by atoms with E-state index in [0.29, 0.717) is 0 Å². The smallest absolute Gasteiger partial charge is 0.119 e. The lowest BCUT2D eigenvalue weighted by Gasteiger charge is -2.26. The van der Waals surface area contributed by atoms with Gasteiger partial charge in [0.25, 0.3) is 0 Å². The molecule has 0 atom stereocenters. The molecule has 3 nitrogen and oxygen atoms in total. The number of anilines is 6. The van der Waals surface area contributed by atoms with Crippen LogP contribution in [0.2, 0.25) is 0 Å². The third-order valence-corrected chi connectivity index (χ3v) is 9.38. The molecule has 0 radical (unpaired) electrons. The van der Waals surface area contributed by atoms with Crippen LogP contribution < -0.4 is 14.5 Å². The average molecular weight is 689 g/mol. The Morgan fingerprint density at radius 2 is 0.509 bits per heavy atom. The van der Waals surface area contributed by atoms with Crippen LogP contribution in [0, 0.1) is 20.8 Å². The summed E-state index contributed by atoms with van der Waals surface area (Å²) in [7, 11) is 1.69. The maximum absolute atomic E-state index is 5.40. The maximum Gasteiger partial charge on any atom is 0.119 e. The van der Waals surface area contributed by atoms with Crippen molar-refractivity contribution >= 4 is 58.4 Å². The predicted molar refractivity (Wildman–Crippen MR) is 227 cm³/mol. The summed E-state index contributed by atoms with van der Waals surface area (Å²) in [6.07, 6.45) is 8.66. The molecule has 0 heterocycles. The minimum atomic E-state index is 0.840. The molecule has 0 N–H and O–H groups in total. The van der Waals surface area contributed by atoms with Gasteiger partial charge in [0.2, 0.25) is 0 Å². The van der Waals surface area contributed by atoms with Crippen molar-refractivity contribution in [2.24, 2.45) is 0 Å². The highest BCUT2D eigenvalue weighted by atomic mass is 16.5. The lowest BCUT2D eigenvalue weighted by atomic mass is 10.1. The number of ether oxygens (including phenoxy) is 1. The first-order valence-corrected chi connectivity index (χ1v) is 18.0. The molecule has 7 rings (SSSR count). The van der Waals surface area contributed by atoms with Crippen molar-refractivity contribution < 1.29 is 4.74 Å². The van der Waals surface area contributed by atoms with Gasteiger partial charge in [-0.1, -0.05) is 126 Å². The second kappa shape index (κ2) is 16.2. The SMILES string of the molecule is COc1ccc(N(c2ccc(C)cc2)c2ccc(C=Cc3ccc(C=Cc4ccc(N(c5ccc(C)cc5)c5ccc(C)cc5)cc4)cc3)cc2)cc1. The van der Waals surface area contributed by atoms with E-state index in [9.17, 15) is 0 Å². The summed E-state index contributed by atoms with van der Waals surface area (Å²) in [4.78, 5) is 4.56. The normalized spacial score (nSPS) is 11.2. The Morgan fingerprint density at radius 1 is 0.302 bits per heavy atom. The molecule has 0 saturated heterocycles. The topological polar surface area (TPSA) is 15.7 Å². The standard InChI is InChI=1S/C50H44N2O/c1-37-5-23-44(24-6-37)51(45-25-7-38(2)8-26-45)47-29-19-42(20-30-47)17-15-40-11-13-41(14-12-40)16-18-43-21-31-48(32-22-43)52(46-27-9-39(3)10-28-46)49-33-35-50(53-4)36-34-49/h5-36H,1-4H3. The van der Waals surface area contributed by atoms with Gasteiger partial charge in [0, 0.05) is 34.1 Å². The number of hydrogen-bond donors (Lipinski definition) is 0. The van der Waals surface area contributed by atoms with Gasteiger partial charge in [0.05, 0.1) is 7.11 Å². The number of aryl methyl sites for hydroxylation is 3. The van der Waals surface area contributed by atoms with Crippen molar-refractivity contribution in [3.8, 4) is 5.75 Å². The van der Waals surface area contributed by atoms with Gasteiger partial charge >= 0.3 is 0 Å². The van der Waals surface area contributed by atoms with Crippen molar-refractivity contribution in [2.75, 3.05) is 16.9 Å². The van der Waals surface area contributed by atoms with Crippen molar-refractivity contribution in [1.29, 1.82) is 0 Å². The Kier molecular flexibility index (Phi) is 10.6. The van der Waals surface area contributed by atoms with Crippen molar-refractivity contribution in [1.82, 2.24) is 0 Å². The van der Waals surface area contributed by atoms with Crippen LogP contribution in [0.25, 0.3) is 24.3 Å². The van der Waals surface area contributed by atoms with Gasteiger partial charge in [0.1, 0.15) is 5.75 Å². The van der Waals surface area contributed by atoms with Gasteiger partial charge in [-0.25, -0.2) is 0 Å². The molecule has 260 valence electrons. The zero-order valence-corrected chi connectivity index (χ0v) is 30.8. The first-order chi connectivity index (χ1) is 25.9. The zero-order chi connectivity index (χ0) is 36.6. The number of nitrogens with zero attached hydrogens (tertiary/aromatic N) is 2. The fourth-order valence-corrected chi connectivity index (χ4v) is 6.28. The highest BCUT2D eigenvalue weighted by molar-refractivity contribution is 5.80. The van der Waals surface area contributed by atoms with Crippen LogP contribution in [0.4, 0.5) is 34.1 Å². The van der Waals surface area contributed by atoms with Gasteiger partial charge in [-0.3, -0.25) is 0 Å². The van der Waals surface area contributed by atoms with Crippen LogP contribution in [0.3, 0.4) is 0 Å². The molecule has 0 aliphatic carbocycles. The molecule has 7 aromatic rings. The van der Waals surface area contributed by atoms with Crippen LogP contribution in [0.1, 0.15) is 38.9 Å². The van der Waals surface area contributed by atoms with Gasteiger partial charge in [-0.2, -0.15) is 0 Å². The molecule has 0 unspecified atom stereocenters. The molecule has 0 amide bonds. The van der Waals surface area contributed by atoms with E-state index in [1.54, 1.807) is 7.11 Å². The second-order valence-corrected chi connectivity index (χ2v) is 13.4. The lowest BCUT2D eigenvalue weighted by Crippen LogP contribution is -2.09. The monoisotopic (exact) mass is 688 g/mol. The first kappa shape index (κ1) is 34.9. The van der Waals surface area contributed by atoms with Crippen LogP contribution in [-0.4, -0.2) is 7.11 Å². The molecule has 7 aromatic carbocycles. The predicted octanol–water partition coefficient (Wildman–Crippen LogP) is 13.9. The van der Waals surface area contributed by atoms with E-state index in [0.717, 1.165) is 62.1 Å². The largest absolute Gasteiger partial charge is 0.497 e. The molecule has 0 aromatic heterocycles. The Morgan fingerprint density at radius 3 is 0.755 bits per heavy atom. The molecule has 0 fully saturated rings. The number of hydrogen-bond acceptors (Lipinski definition) is 3. The third-order valence-electron chi connectivity index (χ3n) is 9.38. The first-order valence-electron chi connectivity index (χ1n) is 18.0. The van der Waals surface area contributed by atoms with Crippen LogP contribution in [0.15, 0.2) is 170 Å². The van der Waals surface area contributed by atoms with E-state index < -0.39 is 0 Å². The molecule has 0 aliphatic rings. The van der Waals surface area contributed by atoms with Crippen LogP contribution in [-0.2, 0) is 0 Å². The van der Waals surface area contributed by atoms with Crippen LogP contribution >= 0.6 is 0 Å². The number of benzene rings is 7. The third kappa shape index (κ3) is 8.66. The summed E-state index contributed by atoms with van der Waals surface area (Å²) in [5.74, 6) is 0.840. The molecule has 0 aliphatic heterocycles. The van der Waals surface area contributed by atoms with E-state index in [-0.39, 0.29) is 0 Å².